The Morgan fingerprint density at radius 2 is 2.07 bits per heavy atom. The van der Waals surface area contributed by atoms with Crippen LogP contribution in [0.1, 0.15) is 18.6 Å². The van der Waals surface area contributed by atoms with E-state index >= 15 is 0 Å². The Balaban J connectivity index is 2.68. The van der Waals surface area contributed by atoms with Gasteiger partial charge in [0.25, 0.3) is 0 Å². The van der Waals surface area contributed by atoms with E-state index in [-0.39, 0.29) is 0 Å². The SMILES string of the molecule is CCOC(=O)C(Br)C(O)c1ccccc1. The topological polar surface area (TPSA) is 46.5 Å². The second-order valence-electron chi connectivity index (χ2n) is 3.01. The maximum absolute atomic E-state index is 11.3. The first-order valence-corrected chi connectivity index (χ1v) is 5.62. The van der Waals surface area contributed by atoms with Crippen molar-refractivity contribution in [1.82, 2.24) is 0 Å². The number of hydrogen-bond donors (Lipinski definition) is 1. The lowest BCUT2D eigenvalue weighted by atomic mass is 10.1. The van der Waals surface area contributed by atoms with E-state index in [0.717, 1.165) is 0 Å². The number of halogens is 1. The molecule has 1 N–H and O–H groups in total. The van der Waals surface area contributed by atoms with Crippen molar-refractivity contribution in [2.24, 2.45) is 0 Å². The zero-order chi connectivity index (χ0) is 11.3. The highest BCUT2D eigenvalue weighted by atomic mass is 79.9. The van der Waals surface area contributed by atoms with Crippen molar-refractivity contribution in [2.75, 3.05) is 6.61 Å². The molecule has 0 bridgehead atoms. The third-order valence-electron chi connectivity index (χ3n) is 1.93. The predicted octanol–water partition coefficient (Wildman–Crippen LogP) is 2.05. The highest BCUT2D eigenvalue weighted by Gasteiger charge is 2.26. The minimum absolute atomic E-state index is 0.308. The van der Waals surface area contributed by atoms with Crippen LogP contribution in [0.2, 0.25) is 0 Å². The number of alkyl halides is 1. The Hall–Kier alpha value is -0.870. The monoisotopic (exact) mass is 272 g/mol. The van der Waals surface area contributed by atoms with Gasteiger partial charge in [-0.1, -0.05) is 46.3 Å². The van der Waals surface area contributed by atoms with Crippen LogP contribution in [0.4, 0.5) is 0 Å². The molecule has 15 heavy (non-hydrogen) atoms. The quantitative estimate of drug-likeness (QED) is 0.674. The van der Waals surface area contributed by atoms with Crippen molar-refractivity contribution in [3.63, 3.8) is 0 Å². The van der Waals surface area contributed by atoms with Gasteiger partial charge in [-0.15, -0.1) is 0 Å². The molecule has 0 aromatic heterocycles. The minimum Gasteiger partial charge on any atom is -0.465 e. The molecule has 82 valence electrons. The van der Waals surface area contributed by atoms with Crippen LogP contribution in [0.3, 0.4) is 0 Å². The van der Waals surface area contributed by atoms with Crippen LogP contribution < -0.4 is 0 Å². The van der Waals surface area contributed by atoms with Gasteiger partial charge in [0.15, 0.2) is 0 Å². The number of carbonyl (C=O) groups excluding carboxylic acids is 1. The summed E-state index contributed by atoms with van der Waals surface area (Å²) in [5.74, 6) is -0.450. The summed E-state index contributed by atoms with van der Waals surface area (Å²) >= 11 is 3.12. The van der Waals surface area contributed by atoms with Crippen LogP contribution in [0.5, 0.6) is 0 Å². The fraction of sp³-hybridized carbons (Fsp3) is 0.364. The Labute approximate surface area is 97.2 Å². The van der Waals surface area contributed by atoms with Crippen molar-refractivity contribution >= 4 is 21.9 Å². The lowest BCUT2D eigenvalue weighted by Gasteiger charge is -2.15. The summed E-state index contributed by atoms with van der Waals surface area (Å²) in [4.78, 5) is 10.6. The average Bonchev–Trinajstić information content (AvgIpc) is 2.28. The standard InChI is InChI=1S/C11H13BrO3/c1-2-15-11(14)9(12)10(13)8-6-4-3-5-7-8/h3-7,9-10,13H,2H2,1H3. The molecule has 0 aliphatic carbocycles. The van der Waals surface area contributed by atoms with E-state index in [0.29, 0.717) is 12.2 Å². The van der Waals surface area contributed by atoms with Gasteiger partial charge >= 0.3 is 5.97 Å². The number of ether oxygens (including phenoxy) is 1. The summed E-state index contributed by atoms with van der Waals surface area (Å²) in [5.41, 5.74) is 0.687. The summed E-state index contributed by atoms with van der Waals surface area (Å²) in [6, 6.07) is 8.99. The van der Waals surface area contributed by atoms with Gasteiger partial charge in [-0.2, -0.15) is 0 Å². The van der Waals surface area contributed by atoms with E-state index in [1.165, 1.54) is 0 Å². The van der Waals surface area contributed by atoms with Gasteiger partial charge in [0.2, 0.25) is 0 Å². The van der Waals surface area contributed by atoms with E-state index in [1.54, 1.807) is 19.1 Å². The lowest BCUT2D eigenvalue weighted by molar-refractivity contribution is -0.144. The Kier molecular flexibility index (Phi) is 4.78. The van der Waals surface area contributed by atoms with Crippen LogP contribution in [0.25, 0.3) is 0 Å². The van der Waals surface area contributed by atoms with E-state index in [1.807, 2.05) is 18.2 Å². The molecule has 1 aromatic carbocycles. The number of aliphatic hydroxyl groups excluding tert-OH is 1. The summed E-state index contributed by atoms with van der Waals surface area (Å²) in [5, 5.41) is 9.84. The first-order valence-electron chi connectivity index (χ1n) is 4.70. The smallest absolute Gasteiger partial charge is 0.322 e. The maximum Gasteiger partial charge on any atom is 0.322 e. The number of rotatable bonds is 4. The van der Waals surface area contributed by atoms with E-state index < -0.39 is 16.9 Å². The largest absolute Gasteiger partial charge is 0.465 e. The highest BCUT2D eigenvalue weighted by molar-refractivity contribution is 9.10. The van der Waals surface area contributed by atoms with Crippen molar-refractivity contribution in [2.45, 2.75) is 17.9 Å². The Bertz CT molecular complexity index is 313. The van der Waals surface area contributed by atoms with Gasteiger partial charge in [-0.05, 0) is 12.5 Å². The number of esters is 1. The second-order valence-corrected chi connectivity index (χ2v) is 4.00. The number of aliphatic hydroxyl groups is 1. The molecule has 0 saturated carbocycles. The summed E-state index contributed by atoms with van der Waals surface area (Å²) in [6.07, 6.45) is -0.884. The first-order chi connectivity index (χ1) is 7.16. The number of hydrogen-bond acceptors (Lipinski definition) is 3. The van der Waals surface area contributed by atoms with Crippen molar-refractivity contribution in [3.05, 3.63) is 35.9 Å². The molecule has 0 fully saturated rings. The molecule has 1 aromatic rings. The van der Waals surface area contributed by atoms with Crippen LogP contribution in [0, 0.1) is 0 Å². The number of carbonyl (C=O) groups is 1. The zero-order valence-corrected chi connectivity index (χ0v) is 9.98. The third kappa shape index (κ3) is 3.32. The fourth-order valence-corrected chi connectivity index (χ4v) is 1.61. The van der Waals surface area contributed by atoms with E-state index in [2.05, 4.69) is 15.9 Å². The first kappa shape index (κ1) is 12.2. The van der Waals surface area contributed by atoms with Crippen LogP contribution in [-0.2, 0) is 9.53 Å². The molecular weight excluding hydrogens is 260 g/mol. The molecule has 2 atom stereocenters. The van der Waals surface area contributed by atoms with Crippen LogP contribution in [0.15, 0.2) is 30.3 Å². The molecule has 0 heterocycles. The van der Waals surface area contributed by atoms with Gasteiger partial charge in [-0.3, -0.25) is 4.79 Å². The predicted molar refractivity (Wildman–Crippen MR) is 60.7 cm³/mol. The van der Waals surface area contributed by atoms with Gasteiger partial charge in [-0.25, -0.2) is 0 Å². The van der Waals surface area contributed by atoms with Crippen molar-refractivity contribution < 1.29 is 14.6 Å². The van der Waals surface area contributed by atoms with Crippen molar-refractivity contribution in [3.8, 4) is 0 Å². The Morgan fingerprint density at radius 1 is 1.47 bits per heavy atom. The maximum atomic E-state index is 11.3. The normalized spacial score (nSPS) is 14.3. The molecule has 0 spiro atoms. The van der Waals surface area contributed by atoms with Crippen LogP contribution in [-0.4, -0.2) is 22.5 Å². The molecule has 1 rings (SSSR count). The molecule has 0 aliphatic rings. The zero-order valence-electron chi connectivity index (χ0n) is 8.39. The Morgan fingerprint density at radius 3 is 2.60 bits per heavy atom. The van der Waals surface area contributed by atoms with Gasteiger partial charge in [0, 0.05) is 0 Å². The molecule has 0 radical (unpaired) electrons. The molecule has 0 aliphatic heterocycles. The van der Waals surface area contributed by atoms with E-state index in [9.17, 15) is 9.90 Å². The van der Waals surface area contributed by atoms with Crippen molar-refractivity contribution in [1.29, 1.82) is 0 Å². The van der Waals surface area contributed by atoms with Gasteiger partial charge in [0.1, 0.15) is 10.9 Å². The van der Waals surface area contributed by atoms with Gasteiger partial charge in [0.05, 0.1) is 6.61 Å². The molecule has 0 saturated heterocycles. The average molecular weight is 273 g/mol. The number of benzene rings is 1. The molecule has 2 unspecified atom stereocenters. The molecule has 4 heteroatoms. The van der Waals surface area contributed by atoms with Crippen LogP contribution >= 0.6 is 15.9 Å². The summed E-state index contributed by atoms with van der Waals surface area (Å²) in [7, 11) is 0. The molecule has 3 nitrogen and oxygen atoms in total. The minimum atomic E-state index is -0.884. The lowest BCUT2D eigenvalue weighted by Crippen LogP contribution is -2.24. The molecule has 0 amide bonds. The van der Waals surface area contributed by atoms with Gasteiger partial charge < -0.3 is 9.84 Å². The summed E-state index contributed by atoms with van der Waals surface area (Å²) in [6.45, 7) is 2.04. The molecular formula is C11H13BrO3. The summed E-state index contributed by atoms with van der Waals surface area (Å²) < 4.78 is 4.80. The highest BCUT2D eigenvalue weighted by Crippen LogP contribution is 2.23. The fourth-order valence-electron chi connectivity index (χ4n) is 1.17. The third-order valence-corrected chi connectivity index (χ3v) is 2.80. The second kappa shape index (κ2) is 5.88. The van der Waals surface area contributed by atoms with E-state index in [4.69, 9.17) is 4.74 Å².